The maximum atomic E-state index is 11.9. The van der Waals surface area contributed by atoms with E-state index in [1.54, 1.807) is 12.1 Å². The Morgan fingerprint density at radius 1 is 1.31 bits per heavy atom. The monoisotopic (exact) mass is 265 g/mol. The normalized spacial score (nSPS) is 10.5. The molecule has 0 unspecified atom stereocenters. The highest BCUT2D eigenvalue weighted by Crippen LogP contribution is 2.30. The van der Waals surface area contributed by atoms with Crippen molar-refractivity contribution < 1.29 is 9.13 Å². The van der Waals surface area contributed by atoms with Crippen molar-refractivity contribution in [2.45, 2.75) is 13.0 Å². The summed E-state index contributed by atoms with van der Waals surface area (Å²) in [6, 6.07) is 3.43. The number of ether oxygens (including phenoxy) is 1. The SMILES string of the molecule is COc1cc(Cl)c(CNCCCF)cc1Cl. The van der Waals surface area contributed by atoms with Crippen LogP contribution in [0.25, 0.3) is 0 Å². The topological polar surface area (TPSA) is 21.3 Å². The zero-order chi connectivity index (χ0) is 12.0. The summed E-state index contributed by atoms with van der Waals surface area (Å²) in [5.41, 5.74) is 0.881. The predicted molar refractivity (Wildman–Crippen MR) is 65.3 cm³/mol. The van der Waals surface area contributed by atoms with Crippen molar-refractivity contribution >= 4 is 23.2 Å². The third kappa shape index (κ3) is 3.81. The van der Waals surface area contributed by atoms with Crippen molar-refractivity contribution in [1.82, 2.24) is 5.32 Å². The fourth-order valence-corrected chi connectivity index (χ4v) is 1.76. The molecule has 0 aliphatic heterocycles. The average molecular weight is 266 g/mol. The lowest BCUT2D eigenvalue weighted by Crippen LogP contribution is -2.15. The summed E-state index contributed by atoms with van der Waals surface area (Å²) in [4.78, 5) is 0. The molecule has 0 atom stereocenters. The Balaban J connectivity index is 2.63. The van der Waals surface area contributed by atoms with E-state index in [4.69, 9.17) is 27.9 Å². The van der Waals surface area contributed by atoms with Gasteiger partial charge in [0.25, 0.3) is 0 Å². The van der Waals surface area contributed by atoms with Gasteiger partial charge in [0.15, 0.2) is 0 Å². The van der Waals surface area contributed by atoms with Gasteiger partial charge >= 0.3 is 0 Å². The third-order valence-electron chi connectivity index (χ3n) is 2.12. The van der Waals surface area contributed by atoms with Crippen molar-refractivity contribution in [3.8, 4) is 5.75 Å². The minimum absolute atomic E-state index is 0.315. The van der Waals surface area contributed by atoms with Crippen LogP contribution < -0.4 is 10.1 Å². The summed E-state index contributed by atoms with van der Waals surface area (Å²) >= 11 is 12.0. The van der Waals surface area contributed by atoms with Crippen LogP contribution in [0.3, 0.4) is 0 Å². The molecule has 16 heavy (non-hydrogen) atoms. The van der Waals surface area contributed by atoms with Crippen molar-refractivity contribution in [1.29, 1.82) is 0 Å². The van der Waals surface area contributed by atoms with E-state index >= 15 is 0 Å². The molecule has 0 heterocycles. The summed E-state index contributed by atoms with van der Waals surface area (Å²) in [6.07, 6.45) is 0.501. The molecule has 0 spiro atoms. The van der Waals surface area contributed by atoms with Gasteiger partial charge < -0.3 is 10.1 Å². The zero-order valence-electron chi connectivity index (χ0n) is 9.03. The highest BCUT2D eigenvalue weighted by atomic mass is 35.5. The van der Waals surface area contributed by atoms with E-state index in [0.29, 0.717) is 35.3 Å². The maximum Gasteiger partial charge on any atom is 0.138 e. The van der Waals surface area contributed by atoms with E-state index in [0.717, 1.165) is 5.56 Å². The first kappa shape index (κ1) is 13.6. The molecule has 1 aromatic rings. The van der Waals surface area contributed by atoms with Crippen molar-refractivity contribution in [2.24, 2.45) is 0 Å². The molecule has 1 N–H and O–H groups in total. The number of rotatable bonds is 6. The molecule has 0 saturated carbocycles. The average Bonchev–Trinajstić information content (AvgIpc) is 2.28. The summed E-state index contributed by atoms with van der Waals surface area (Å²) < 4.78 is 16.9. The van der Waals surface area contributed by atoms with Crippen LogP contribution in [0.4, 0.5) is 4.39 Å². The van der Waals surface area contributed by atoms with Gasteiger partial charge in [-0.1, -0.05) is 23.2 Å². The van der Waals surface area contributed by atoms with Crippen molar-refractivity contribution in [3.63, 3.8) is 0 Å². The van der Waals surface area contributed by atoms with E-state index < -0.39 is 0 Å². The first-order valence-electron chi connectivity index (χ1n) is 4.97. The fraction of sp³-hybridized carbons (Fsp3) is 0.455. The van der Waals surface area contributed by atoms with E-state index in [9.17, 15) is 4.39 Å². The first-order valence-corrected chi connectivity index (χ1v) is 5.73. The van der Waals surface area contributed by atoms with Crippen LogP contribution in [0.5, 0.6) is 5.75 Å². The highest BCUT2D eigenvalue weighted by molar-refractivity contribution is 6.34. The van der Waals surface area contributed by atoms with Gasteiger partial charge in [-0.05, 0) is 24.6 Å². The molecule has 5 heteroatoms. The van der Waals surface area contributed by atoms with Gasteiger partial charge in [0.05, 0.1) is 18.8 Å². The van der Waals surface area contributed by atoms with E-state index in [1.807, 2.05) is 0 Å². The number of methoxy groups -OCH3 is 1. The lowest BCUT2D eigenvalue weighted by Gasteiger charge is -2.09. The van der Waals surface area contributed by atoms with Crippen LogP contribution in [-0.4, -0.2) is 20.3 Å². The molecule has 0 aliphatic carbocycles. The largest absolute Gasteiger partial charge is 0.495 e. The van der Waals surface area contributed by atoms with Crippen LogP contribution in [-0.2, 0) is 6.54 Å². The third-order valence-corrected chi connectivity index (χ3v) is 2.77. The van der Waals surface area contributed by atoms with Crippen molar-refractivity contribution in [2.75, 3.05) is 20.3 Å². The van der Waals surface area contributed by atoms with Crippen LogP contribution in [0.15, 0.2) is 12.1 Å². The Bertz CT molecular complexity index is 347. The molecular formula is C11H14Cl2FNO. The number of hydrogen-bond acceptors (Lipinski definition) is 2. The number of benzene rings is 1. The Morgan fingerprint density at radius 3 is 2.69 bits per heavy atom. The molecule has 0 bridgehead atoms. The highest BCUT2D eigenvalue weighted by Gasteiger charge is 2.07. The predicted octanol–water partition coefficient (Wildman–Crippen LogP) is 3.45. The Morgan fingerprint density at radius 2 is 2.06 bits per heavy atom. The minimum atomic E-state index is -0.315. The maximum absolute atomic E-state index is 11.9. The fourth-order valence-electron chi connectivity index (χ4n) is 1.28. The molecule has 0 aliphatic rings. The van der Waals surface area contributed by atoms with E-state index in [1.165, 1.54) is 7.11 Å². The number of alkyl halides is 1. The van der Waals surface area contributed by atoms with Gasteiger partial charge in [0.1, 0.15) is 5.75 Å². The Hall–Kier alpha value is -0.510. The number of halogens is 3. The summed E-state index contributed by atoms with van der Waals surface area (Å²) in [5.74, 6) is 0.555. The lowest BCUT2D eigenvalue weighted by atomic mass is 10.2. The standard InChI is InChI=1S/C11H14Cl2FNO/c1-16-11-6-9(12)8(5-10(11)13)7-15-4-2-3-14/h5-6,15H,2-4,7H2,1H3. The van der Waals surface area contributed by atoms with Gasteiger partial charge in [-0.15, -0.1) is 0 Å². The summed E-state index contributed by atoms with van der Waals surface area (Å²) in [6.45, 7) is 0.878. The smallest absolute Gasteiger partial charge is 0.138 e. The van der Waals surface area contributed by atoms with Crippen LogP contribution in [0, 0.1) is 0 Å². The van der Waals surface area contributed by atoms with Gasteiger partial charge in [-0.3, -0.25) is 4.39 Å². The number of nitrogens with one attached hydrogen (secondary N) is 1. The zero-order valence-corrected chi connectivity index (χ0v) is 10.5. The molecule has 0 saturated heterocycles. The minimum Gasteiger partial charge on any atom is -0.495 e. The molecular weight excluding hydrogens is 252 g/mol. The van der Waals surface area contributed by atoms with Gasteiger partial charge in [-0.2, -0.15) is 0 Å². The van der Waals surface area contributed by atoms with E-state index in [-0.39, 0.29) is 6.67 Å². The second-order valence-corrected chi connectivity index (χ2v) is 4.11. The van der Waals surface area contributed by atoms with E-state index in [2.05, 4.69) is 5.32 Å². The summed E-state index contributed by atoms with van der Waals surface area (Å²) in [5, 5.41) is 4.20. The Kier molecular flexibility index (Phi) is 5.88. The number of hydrogen-bond donors (Lipinski definition) is 1. The summed E-state index contributed by atoms with van der Waals surface area (Å²) in [7, 11) is 1.54. The first-order chi connectivity index (χ1) is 7.69. The molecule has 0 aromatic heterocycles. The van der Waals surface area contributed by atoms with Gasteiger partial charge in [0.2, 0.25) is 0 Å². The van der Waals surface area contributed by atoms with Gasteiger partial charge in [0, 0.05) is 17.6 Å². The second-order valence-electron chi connectivity index (χ2n) is 3.30. The molecule has 90 valence electrons. The quantitative estimate of drug-likeness (QED) is 0.796. The molecule has 2 nitrogen and oxygen atoms in total. The molecule has 0 fully saturated rings. The molecule has 1 rings (SSSR count). The van der Waals surface area contributed by atoms with Crippen LogP contribution in [0.1, 0.15) is 12.0 Å². The second kappa shape index (κ2) is 6.94. The lowest BCUT2D eigenvalue weighted by molar-refractivity contribution is 0.415. The van der Waals surface area contributed by atoms with Gasteiger partial charge in [-0.25, -0.2) is 0 Å². The molecule has 1 aromatic carbocycles. The van der Waals surface area contributed by atoms with Crippen LogP contribution in [0.2, 0.25) is 10.0 Å². The Labute approximate surface area is 105 Å². The molecule has 0 amide bonds. The molecule has 0 radical (unpaired) electrons. The van der Waals surface area contributed by atoms with Crippen LogP contribution >= 0.6 is 23.2 Å². The van der Waals surface area contributed by atoms with Crippen molar-refractivity contribution in [3.05, 3.63) is 27.7 Å².